The van der Waals surface area contributed by atoms with Crippen LogP contribution in [0.25, 0.3) is 0 Å². The highest BCUT2D eigenvalue weighted by molar-refractivity contribution is 8.00. The SMILES string of the molecule is Cc1ccc(C(=O)CSc2ccccc2Cl)c(C)c1. The third kappa shape index (κ3) is 3.62. The maximum atomic E-state index is 12.2. The van der Waals surface area contributed by atoms with E-state index in [1.807, 2.05) is 56.3 Å². The number of thioether (sulfide) groups is 1. The Bertz CT molecular complexity index is 607. The van der Waals surface area contributed by atoms with Crippen LogP contribution in [0.3, 0.4) is 0 Å². The molecule has 0 N–H and O–H groups in total. The van der Waals surface area contributed by atoms with Gasteiger partial charge in [-0.05, 0) is 31.5 Å². The second-order valence-electron chi connectivity index (χ2n) is 4.46. The first-order chi connectivity index (χ1) is 9.08. The highest BCUT2D eigenvalue weighted by atomic mass is 35.5. The Hall–Kier alpha value is -1.25. The first-order valence-corrected chi connectivity index (χ1v) is 7.42. The Kier molecular flexibility index (Phi) is 4.67. The number of hydrogen-bond donors (Lipinski definition) is 0. The van der Waals surface area contributed by atoms with Crippen molar-refractivity contribution in [1.29, 1.82) is 0 Å². The summed E-state index contributed by atoms with van der Waals surface area (Å²) in [6.45, 7) is 4.00. The summed E-state index contributed by atoms with van der Waals surface area (Å²) in [5.41, 5.74) is 3.00. The average molecular weight is 291 g/mol. The molecule has 98 valence electrons. The maximum absolute atomic E-state index is 12.2. The molecular weight excluding hydrogens is 276 g/mol. The van der Waals surface area contributed by atoms with Gasteiger partial charge in [0, 0.05) is 10.5 Å². The zero-order valence-corrected chi connectivity index (χ0v) is 12.5. The molecule has 19 heavy (non-hydrogen) atoms. The minimum absolute atomic E-state index is 0.141. The van der Waals surface area contributed by atoms with Crippen molar-refractivity contribution in [2.45, 2.75) is 18.7 Å². The second kappa shape index (κ2) is 6.27. The molecule has 3 heteroatoms. The zero-order valence-electron chi connectivity index (χ0n) is 10.9. The summed E-state index contributed by atoms with van der Waals surface area (Å²) in [5.74, 6) is 0.551. The van der Waals surface area contributed by atoms with Crippen molar-refractivity contribution in [1.82, 2.24) is 0 Å². The molecule has 0 amide bonds. The van der Waals surface area contributed by atoms with Gasteiger partial charge in [0.2, 0.25) is 0 Å². The van der Waals surface area contributed by atoms with Gasteiger partial charge in [0.25, 0.3) is 0 Å². The van der Waals surface area contributed by atoms with E-state index < -0.39 is 0 Å². The molecule has 0 spiro atoms. The fourth-order valence-corrected chi connectivity index (χ4v) is 3.03. The van der Waals surface area contributed by atoms with Crippen LogP contribution in [0.4, 0.5) is 0 Å². The monoisotopic (exact) mass is 290 g/mol. The highest BCUT2D eigenvalue weighted by Gasteiger charge is 2.10. The molecule has 0 fully saturated rings. The van der Waals surface area contributed by atoms with E-state index in [4.69, 9.17) is 11.6 Å². The van der Waals surface area contributed by atoms with E-state index in [9.17, 15) is 4.79 Å². The standard InChI is InChI=1S/C16H15ClOS/c1-11-7-8-13(12(2)9-11)15(18)10-19-16-6-4-3-5-14(16)17/h3-9H,10H2,1-2H3. The zero-order chi connectivity index (χ0) is 13.8. The molecule has 0 heterocycles. The summed E-state index contributed by atoms with van der Waals surface area (Å²) in [7, 11) is 0. The summed E-state index contributed by atoms with van der Waals surface area (Å²) in [6, 6.07) is 13.5. The third-order valence-electron chi connectivity index (χ3n) is 2.88. The van der Waals surface area contributed by atoms with Crippen molar-refractivity contribution >= 4 is 29.1 Å². The van der Waals surface area contributed by atoms with Gasteiger partial charge in [0.05, 0.1) is 10.8 Å². The van der Waals surface area contributed by atoms with Gasteiger partial charge in [-0.15, -0.1) is 11.8 Å². The van der Waals surface area contributed by atoms with Crippen LogP contribution < -0.4 is 0 Å². The minimum atomic E-state index is 0.141. The van der Waals surface area contributed by atoms with Gasteiger partial charge < -0.3 is 0 Å². The quantitative estimate of drug-likeness (QED) is 0.586. The highest BCUT2D eigenvalue weighted by Crippen LogP contribution is 2.27. The Morgan fingerprint density at radius 3 is 2.58 bits per heavy atom. The van der Waals surface area contributed by atoms with E-state index in [1.54, 1.807) is 0 Å². The molecule has 2 aromatic carbocycles. The topological polar surface area (TPSA) is 17.1 Å². The molecule has 2 aromatic rings. The van der Waals surface area contributed by atoms with Crippen molar-refractivity contribution in [3.8, 4) is 0 Å². The van der Waals surface area contributed by atoms with Crippen LogP contribution in [-0.2, 0) is 0 Å². The number of ketones is 1. The molecule has 0 saturated heterocycles. The Morgan fingerprint density at radius 1 is 1.16 bits per heavy atom. The number of halogens is 1. The first kappa shape index (κ1) is 14.2. The molecule has 1 nitrogen and oxygen atoms in total. The average Bonchev–Trinajstić information content (AvgIpc) is 2.37. The van der Waals surface area contributed by atoms with E-state index in [0.29, 0.717) is 10.8 Å². The van der Waals surface area contributed by atoms with Gasteiger partial charge in [-0.2, -0.15) is 0 Å². The summed E-state index contributed by atoms with van der Waals surface area (Å²) in [5, 5.41) is 0.695. The summed E-state index contributed by atoms with van der Waals surface area (Å²) in [4.78, 5) is 13.1. The number of rotatable bonds is 4. The van der Waals surface area contributed by atoms with E-state index in [-0.39, 0.29) is 5.78 Å². The smallest absolute Gasteiger partial charge is 0.173 e. The molecule has 0 saturated carbocycles. The van der Waals surface area contributed by atoms with Gasteiger partial charge in [0.1, 0.15) is 0 Å². The molecular formula is C16H15ClOS. The van der Waals surface area contributed by atoms with Gasteiger partial charge >= 0.3 is 0 Å². The predicted molar refractivity (Wildman–Crippen MR) is 82.4 cm³/mol. The summed E-state index contributed by atoms with van der Waals surface area (Å²) in [6.07, 6.45) is 0. The fraction of sp³-hybridized carbons (Fsp3) is 0.188. The molecule has 0 atom stereocenters. The van der Waals surface area contributed by atoms with Crippen molar-refractivity contribution in [3.05, 3.63) is 64.2 Å². The molecule has 0 radical (unpaired) electrons. The molecule has 0 unspecified atom stereocenters. The molecule has 0 aromatic heterocycles. The Balaban J connectivity index is 2.08. The molecule has 0 aliphatic carbocycles. The van der Waals surface area contributed by atoms with Crippen LogP contribution >= 0.6 is 23.4 Å². The van der Waals surface area contributed by atoms with Crippen LogP contribution in [0.5, 0.6) is 0 Å². The Morgan fingerprint density at radius 2 is 1.89 bits per heavy atom. The van der Waals surface area contributed by atoms with E-state index in [2.05, 4.69) is 0 Å². The molecule has 0 aliphatic rings. The lowest BCUT2D eigenvalue weighted by atomic mass is 10.0. The van der Waals surface area contributed by atoms with Gasteiger partial charge in [-0.25, -0.2) is 0 Å². The van der Waals surface area contributed by atoms with E-state index in [0.717, 1.165) is 16.0 Å². The van der Waals surface area contributed by atoms with Gasteiger partial charge in [-0.3, -0.25) is 4.79 Å². The van der Waals surface area contributed by atoms with Crippen molar-refractivity contribution in [2.24, 2.45) is 0 Å². The second-order valence-corrected chi connectivity index (χ2v) is 5.89. The minimum Gasteiger partial charge on any atom is -0.293 e. The van der Waals surface area contributed by atoms with Crippen LogP contribution in [0.2, 0.25) is 5.02 Å². The molecule has 0 aliphatic heterocycles. The van der Waals surface area contributed by atoms with Crippen LogP contribution in [-0.4, -0.2) is 11.5 Å². The van der Waals surface area contributed by atoms with Crippen LogP contribution in [0, 0.1) is 13.8 Å². The molecule has 0 bridgehead atoms. The largest absolute Gasteiger partial charge is 0.293 e. The summed E-state index contributed by atoms with van der Waals surface area (Å²) < 4.78 is 0. The third-order valence-corrected chi connectivity index (χ3v) is 4.39. The van der Waals surface area contributed by atoms with Crippen molar-refractivity contribution in [2.75, 3.05) is 5.75 Å². The van der Waals surface area contributed by atoms with E-state index >= 15 is 0 Å². The molecule has 2 rings (SSSR count). The fourth-order valence-electron chi connectivity index (χ4n) is 1.91. The summed E-state index contributed by atoms with van der Waals surface area (Å²) >= 11 is 7.56. The normalized spacial score (nSPS) is 10.5. The van der Waals surface area contributed by atoms with E-state index in [1.165, 1.54) is 17.3 Å². The van der Waals surface area contributed by atoms with Crippen molar-refractivity contribution in [3.63, 3.8) is 0 Å². The Labute approximate surface area is 123 Å². The number of aryl methyl sites for hydroxylation is 2. The lowest BCUT2D eigenvalue weighted by Crippen LogP contribution is -2.04. The maximum Gasteiger partial charge on any atom is 0.173 e. The number of Topliss-reactive ketones (excluding diaryl/α,β-unsaturated/α-hetero) is 1. The lowest BCUT2D eigenvalue weighted by molar-refractivity contribution is 0.102. The first-order valence-electron chi connectivity index (χ1n) is 6.05. The number of benzene rings is 2. The number of carbonyl (C=O) groups excluding carboxylic acids is 1. The van der Waals surface area contributed by atoms with Crippen LogP contribution in [0.1, 0.15) is 21.5 Å². The van der Waals surface area contributed by atoms with Gasteiger partial charge in [-0.1, -0.05) is 47.5 Å². The van der Waals surface area contributed by atoms with Crippen molar-refractivity contribution < 1.29 is 4.79 Å². The number of carbonyl (C=O) groups is 1. The number of hydrogen-bond acceptors (Lipinski definition) is 2. The lowest BCUT2D eigenvalue weighted by Gasteiger charge is -2.07. The predicted octanol–water partition coefficient (Wildman–Crippen LogP) is 4.93. The van der Waals surface area contributed by atoms with Crippen LogP contribution in [0.15, 0.2) is 47.4 Å². The van der Waals surface area contributed by atoms with Gasteiger partial charge in [0.15, 0.2) is 5.78 Å².